The predicted octanol–water partition coefficient (Wildman–Crippen LogP) is 3.34. The lowest BCUT2D eigenvalue weighted by Crippen LogP contribution is -2.39. The highest BCUT2D eigenvalue weighted by molar-refractivity contribution is 5.76. The molecular weight excluding hydrogens is 392 g/mol. The van der Waals surface area contributed by atoms with Gasteiger partial charge in [0.25, 0.3) is 0 Å². The van der Waals surface area contributed by atoms with Crippen molar-refractivity contribution >= 4 is 5.91 Å². The Morgan fingerprint density at radius 2 is 1.71 bits per heavy atom. The van der Waals surface area contributed by atoms with E-state index in [1.807, 2.05) is 6.92 Å². The van der Waals surface area contributed by atoms with Gasteiger partial charge in [0.15, 0.2) is 6.29 Å². The minimum atomic E-state index is -0.391. The molecule has 0 bridgehead atoms. The number of amides is 1. The highest BCUT2D eigenvalue weighted by Gasteiger charge is 2.35. The second-order valence-electron chi connectivity index (χ2n) is 8.91. The number of fused-ring (bicyclic) bond motifs is 1. The second-order valence-corrected chi connectivity index (χ2v) is 8.91. The first kappa shape index (κ1) is 24.2. The van der Waals surface area contributed by atoms with E-state index in [2.05, 4.69) is 29.2 Å². The molecule has 1 aliphatic heterocycles. The molecule has 31 heavy (non-hydrogen) atoms. The molecule has 0 spiro atoms. The van der Waals surface area contributed by atoms with Gasteiger partial charge in [-0.25, -0.2) is 0 Å². The summed E-state index contributed by atoms with van der Waals surface area (Å²) in [6, 6.07) is 8.95. The van der Waals surface area contributed by atoms with E-state index in [0.29, 0.717) is 32.7 Å². The number of carbonyl (C=O) groups is 1. The van der Waals surface area contributed by atoms with Crippen LogP contribution < -0.4 is 0 Å². The Labute approximate surface area is 187 Å². The molecule has 6 nitrogen and oxygen atoms in total. The molecule has 1 amide bonds. The minimum absolute atomic E-state index is 0.0667. The summed E-state index contributed by atoms with van der Waals surface area (Å²) in [7, 11) is 3.16. The quantitative estimate of drug-likeness (QED) is 0.353. The van der Waals surface area contributed by atoms with Gasteiger partial charge in [-0.3, -0.25) is 9.69 Å². The van der Waals surface area contributed by atoms with Crippen LogP contribution in [-0.4, -0.2) is 75.6 Å². The minimum Gasteiger partial charge on any atom is -0.381 e. The molecule has 1 aliphatic carbocycles. The molecule has 1 unspecified atom stereocenters. The molecule has 2 aliphatic rings. The van der Waals surface area contributed by atoms with Crippen LogP contribution in [0.25, 0.3) is 0 Å². The Morgan fingerprint density at radius 3 is 2.32 bits per heavy atom. The summed E-state index contributed by atoms with van der Waals surface area (Å²) in [5.41, 5.74) is 2.69. The van der Waals surface area contributed by atoms with E-state index in [0.717, 1.165) is 24.8 Å². The summed E-state index contributed by atoms with van der Waals surface area (Å²) in [6.07, 6.45) is 5.16. The molecule has 1 saturated heterocycles. The smallest absolute Gasteiger partial charge is 0.225 e. The normalized spacial score (nSPS) is 21.0. The van der Waals surface area contributed by atoms with Crippen LogP contribution in [0.1, 0.15) is 43.7 Å². The Bertz CT molecular complexity index is 650. The summed E-state index contributed by atoms with van der Waals surface area (Å²) >= 11 is 0. The number of likely N-dealkylation sites (tertiary alicyclic amines) is 1. The van der Waals surface area contributed by atoms with Gasteiger partial charge in [0, 0.05) is 40.4 Å². The van der Waals surface area contributed by atoms with Gasteiger partial charge in [-0.15, -0.1) is 0 Å². The third-order valence-corrected chi connectivity index (χ3v) is 6.86. The summed E-state index contributed by atoms with van der Waals surface area (Å²) in [6.45, 7) is 7.74. The largest absolute Gasteiger partial charge is 0.381 e. The first-order valence-electron chi connectivity index (χ1n) is 11.8. The fourth-order valence-corrected chi connectivity index (χ4v) is 4.97. The van der Waals surface area contributed by atoms with Crippen LogP contribution in [0, 0.1) is 11.8 Å². The van der Waals surface area contributed by atoms with Crippen LogP contribution in [-0.2, 0) is 32.0 Å². The number of carbonyl (C=O) groups excluding carboxylic acids is 1. The summed E-state index contributed by atoms with van der Waals surface area (Å²) < 4.78 is 16.1. The molecule has 2 fully saturated rings. The zero-order chi connectivity index (χ0) is 22.1. The fourth-order valence-electron chi connectivity index (χ4n) is 4.97. The molecule has 6 heteroatoms. The van der Waals surface area contributed by atoms with Crippen molar-refractivity contribution in [2.75, 3.05) is 53.6 Å². The first-order chi connectivity index (χ1) is 15.1. The van der Waals surface area contributed by atoms with E-state index in [1.165, 1.54) is 43.5 Å². The third kappa shape index (κ3) is 7.28. The highest BCUT2D eigenvalue weighted by Crippen LogP contribution is 2.38. The lowest BCUT2D eigenvalue weighted by molar-refractivity contribution is -0.145. The van der Waals surface area contributed by atoms with Crippen LogP contribution in [0.2, 0.25) is 0 Å². The summed E-state index contributed by atoms with van der Waals surface area (Å²) in [5.74, 6) is 1.97. The summed E-state index contributed by atoms with van der Waals surface area (Å²) in [5, 5.41) is 0. The van der Waals surface area contributed by atoms with Gasteiger partial charge >= 0.3 is 0 Å². The molecule has 1 heterocycles. The Kier molecular flexibility index (Phi) is 9.78. The van der Waals surface area contributed by atoms with E-state index in [1.54, 1.807) is 19.1 Å². The maximum atomic E-state index is 12.3. The van der Waals surface area contributed by atoms with Gasteiger partial charge in [-0.2, -0.15) is 0 Å². The Hall–Kier alpha value is -1.47. The maximum absolute atomic E-state index is 12.3. The molecule has 174 valence electrons. The molecule has 0 aromatic heterocycles. The molecule has 1 aromatic rings. The van der Waals surface area contributed by atoms with Crippen LogP contribution in [0.15, 0.2) is 24.3 Å². The number of nitrogens with zero attached hydrogens (tertiary/aromatic N) is 2. The second kappa shape index (κ2) is 12.5. The van der Waals surface area contributed by atoms with Crippen LogP contribution >= 0.6 is 0 Å². The average Bonchev–Trinajstić information content (AvgIpc) is 3.37. The topological polar surface area (TPSA) is 51.2 Å². The van der Waals surface area contributed by atoms with Crippen molar-refractivity contribution in [1.82, 2.24) is 9.80 Å². The van der Waals surface area contributed by atoms with Crippen molar-refractivity contribution in [3.63, 3.8) is 0 Å². The monoisotopic (exact) mass is 432 g/mol. The molecule has 0 radical (unpaired) electrons. The SMILES string of the molecule is CCN(CC(OC)OC)C(=O)CCOCCc1ccc(CN2CC3CCC[C@@H]3C2)cc1. The lowest BCUT2D eigenvalue weighted by atomic mass is 10.0. The predicted molar refractivity (Wildman–Crippen MR) is 122 cm³/mol. The van der Waals surface area contributed by atoms with Crippen LogP contribution in [0.4, 0.5) is 0 Å². The van der Waals surface area contributed by atoms with Gasteiger partial charge in [0.1, 0.15) is 0 Å². The van der Waals surface area contributed by atoms with E-state index in [4.69, 9.17) is 14.2 Å². The number of methoxy groups -OCH3 is 2. The average molecular weight is 433 g/mol. The number of hydrogen-bond donors (Lipinski definition) is 0. The molecule has 1 aromatic carbocycles. The van der Waals surface area contributed by atoms with Gasteiger partial charge in [-0.1, -0.05) is 30.7 Å². The van der Waals surface area contributed by atoms with Crippen LogP contribution in [0.5, 0.6) is 0 Å². The number of benzene rings is 1. The number of ether oxygens (including phenoxy) is 3. The van der Waals surface area contributed by atoms with Gasteiger partial charge < -0.3 is 19.1 Å². The van der Waals surface area contributed by atoms with E-state index < -0.39 is 6.29 Å². The number of likely N-dealkylation sites (N-methyl/N-ethyl adjacent to an activating group) is 1. The first-order valence-corrected chi connectivity index (χ1v) is 11.8. The third-order valence-electron chi connectivity index (χ3n) is 6.86. The maximum Gasteiger partial charge on any atom is 0.225 e. The van der Waals surface area contributed by atoms with Crippen molar-refractivity contribution in [1.29, 1.82) is 0 Å². The Morgan fingerprint density at radius 1 is 1.06 bits per heavy atom. The van der Waals surface area contributed by atoms with E-state index in [-0.39, 0.29) is 5.91 Å². The molecular formula is C25H40N2O4. The van der Waals surface area contributed by atoms with Gasteiger partial charge in [0.05, 0.1) is 26.2 Å². The van der Waals surface area contributed by atoms with E-state index >= 15 is 0 Å². The molecule has 1 saturated carbocycles. The molecule has 3 rings (SSSR count). The fraction of sp³-hybridized carbons (Fsp3) is 0.720. The highest BCUT2D eigenvalue weighted by atomic mass is 16.7. The van der Waals surface area contributed by atoms with Crippen LogP contribution in [0.3, 0.4) is 0 Å². The van der Waals surface area contributed by atoms with Crippen molar-refractivity contribution in [2.45, 2.75) is 51.9 Å². The van der Waals surface area contributed by atoms with E-state index in [9.17, 15) is 4.79 Å². The van der Waals surface area contributed by atoms with Crippen molar-refractivity contribution in [2.24, 2.45) is 11.8 Å². The zero-order valence-electron chi connectivity index (χ0n) is 19.6. The summed E-state index contributed by atoms with van der Waals surface area (Å²) in [4.78, 5) is 16.7. The van der Waals surface area contributed by atoms with Crippen molar-refractivity contribution in [3.8, 4) is 0 Å². The van der Waals surface area contributed by atoms with Gasteiger partial charge in [0.2, 0.25) is 5.91 Å². The molecule has 0 N–H and O–H groups in total. The van der Waals surface area contributed by atoms with Crippen molar-refractivity contribution in [3.05, 3.63) is 35.4 Å². The zero-order valence-corrected chi connectivity index (χ0v) is 19.6. The number of rotatable bonds is 13. The van der Waals surface area contributed by atoms with Crippen molar-refractivity contribution < 1.29 is 19.0 Å². The number of hydrogen-bond acceptors (Lipinski definition) is 5. The standard InChI is InChI=1S/C25H40N2O4/c1-4-27(19-25(29-2)30-3)24(28)13-15-31-14-12-20-8-10-21(11-9-20)16-26-17-22-6-5-7-23(22)18-26/h8-11,22-23,25H,4-7,12-19H2,1-3H3/t22-,23?/m1/s1. The molecule has 2 atom stereocenters. The lowest BCUT2D eigenvalue weighted by Gasteiger charge is -2.25. The van der Waals surface area contributed by atoms with Gasteiger partial charge in [-0.05, 0) is 49.1 Å². The Balaban J connectivity index is 1.30.